The van der Waals surface area contributed by atoms with Crippen molar-refractivity contribution in [3.8, 4) is 0 Å². The molecular formula is C17H23ClN2S. The van der Waals surface area contributed by atoms with Crippen molar-refractivity contribution in [1.82, 2.24) is 4.90 Å². The summed E-state index contributed by atoms with van der Waals surface area (Å²) in [4.78, 5) is 5.03. The van der Waals surface area contributed by atoms with Crippen LogP contribution >= 0.6 is 22.9 Å². The zero-order chi connectivity index (χ0) is 15.6. The molecule has 2 atom stereocenters. The molecule has 0 aliphatic carbocycles. The maximum Gasteiger partial charge on any atom is 0.0484 e. The lowest BCUT2D eigenvalue weighted by atomic mass is 10.0. The molecule has 0 bridgehead atoms. The first-order chi connectivity index (χ1) is 9.93. The zero-order valence-corrected chi connectivity index (χ0v) is 14.6. The Hall–Kier alpha value is -0.870. The highest BCUT2D eigenvalue weighted by Gasteiger charge is 2.23. The fourth-order valence-electron chi connectivity index (χ4n) is 2.77. The summed E-state index contributed by atoms with van der Waals surface area (Å²) in [7, 11) is 2.13. The van der Waals surface area contributed by atoms with Crippen LogP contribution in [0.3, 0.4) is 0 Å². The quantitative estimate of drug-likeness (QED) is 0.863. The average molecular weight is 323 g/mol. The molecule has 0 aliphatic heterocycles. The second-order valence-corrected chi connectivity index (χ2v) is 7.41. The number of halogens is 1. The Balaban J connectivity index is 2.27. The zero-order valence-electron chi connectivity index (χ0n) is 13.1. The van der Waals surface area contributed by atoms with Crippen LogP contribution in [0.5, 0.6) is 0 Å². The van der Waals surface area contributed by atoms with Crippen LogP contribution in [0.4, 0.5) is 0 Å². The van der Waals surface area contributed by atoms with Crippen molar-refractivity contribution in [2.24, 2.45) is 5.73 Å². The highest BCUT2D eigenvalue weighted by atomic mass is 35.5. The molecular weight excluding hydrogens is 300 g/mol. The van der Waals surface area contributed by atoms with E-state index in [1.807, 2.05) is 29.5 Å². The third-order valence-corrected chi connectivity index (χ3v) is 5.31. The van der Waals surface area contributed by atoms with Gasteiger partial charge in [-0.3, -0.25) is 4.90 Å². The van der Waals surface area contributed by atoms with E-state index < -0.39 is 0 Å². The molecule has 21 heavy (non-hydrogen) atoms. The molecule has 2 unspecified atom stereocenters. The molecule has 4 heteroatoms. The lowest BCUT2D eigenvalue weighted by Gasteiger charge is -2.33. The summed E-state index contributed by atoms with van der Waals surface area (Å²) in [5.41, 5.74) is 8.63. The lowest BCUT2D eigenvalue weighted by Crippen LogP contribution is -2.32. The number of aryl methyl sites for hydroxylation is 2. The number of thiophene rings is 1. The normalized spacial score (nSPS) is 14.4. The van der Waals surface area contributed by atoms with Gasteiger partial charge >= 0.3 is 0 Å². The van der Waals surface area contributed by atoms with Crippen molar-refractivity contribution in [2.75, 3.05) is 13.6 Å². The summed E-state index contributed by atoms with van der Waals surface area (Å²) < 4.78 is 0. The maximum atomic E-state index is 6.11. The largest absolute Gasteiger partial charge is 0.329 e. The molecule has 1 aromatic carbocycles. The van der Waals surface area contributed by atoms with Crippen LogP contribution in [-0.4, -0.2) is 18.5 Å². The van der Waals surface area contributed by atoms with E-state index in [-0.39, 0.29) is 12.1 Å². The van der Waals surface area contributed by atoms with E-state index in [1.54, 1.807) is 0 Å². The topological polar surface area (TPSA) is 29.3 Å². The lowest BCUT2D eigenvalue weighted by molar-refractivity contribution is 0.190. The Labute approximate surface area is 136 Å². The number of benzene rings is 1. The van der Waals surface area contributed by atoms with Gasteiger partial charge in [0.15, 0.2) is 0 Å². The van der Waals surface area contributed by atoms with E-state index in [9.17, 15) is 0 Å². The molecule has 1 aromatic heterocycles. The van der Waals surface area contributed by atoms with Crippen LogP contribution in [-0.2, 0) is 0 Å². The summed E-state index contributed by atoms with van der Waals surface area (Å²) in [5.74, 6) is 0. The van der Waals surface area contributed by atoms with E-state index in [4.69, 9.17) is 17.3 Å². The molecule has 0 amide bonds. The fraction of sp³-hybridized carbons (Fsp3) is 0.412. The smallest absolute Gasteiger partial charge is 0.0484 e. The Morgan fingerprint density at radius 2 is 2.00 bits per heavy atom. The highest BCUT2D eigenvalue weighted by Crippen LogP contribution is 2.33. The molecule has 114 valence electrons. The molecule has 0 fully saturated rings. The first kappa shape index (κ1) is 16.5. The van der Waals surface area contributed by atoms with Crippen LogP contribution in [0.2, 0.25) is 5.02 Å². The van der Waals surface area contributed by atoms with Gasteiger partial charge in [-0.25, -0.2) is 0 Å². The predicted octanol–water partition coefficient (Wildman–Crippen LogP) is 4.71. The van der Waals surface area contributed by atoms with Gasteiger partial charge in [-0.2, -0.15) is 0 Å². The van der Waals surface area contributed by atoms with Gasteiger partial charge in [-0.15, -0.1) is 11.3 Å². The van der Waals surface area contributed by atoms with Gasteiger partial charge in [0, 0.05) is 33.4 Å². The van der Waals surface area contributed by atoms with E-state index in [2.05, 4.69) is 44.9 Å². The predicted molar refractivity (Wildman–Crippen MR) is 93.2 cm³/mol. The SMILES string of the molecule is Cc1cc(C(CN)N(C)C(C)c2cccc(Cl)c2)c(C)s1. The van der Waals surface area contributed by atoms with Gasteiger partial charge in [-0.05, 0) is 57.1 Å². The number of hydrogen-bond donors (Lipinski definition) is 1. The molecule has 2 N–H and O–H groups in total. The minimum Gasteiger partial charge on any atom is -0.329 e. The third-order valence-electron chi connectivity index (χ3n) is 4.10. The van der Waals surface area contributed by atoms with Crippen molar-refractivity contribution in [3.05, 3.63) is 56.2 Å². The van der Waals surface area contributed by atoms with Gasteiger partial charge in [0.25, 0.3) is 0 Å². The molecule has 0 spiro atoms. The average Bonchev–Trinajstić information content (AvgIpc) is 2.77. The second-order valence-electron chi connectivity index (χ2n) is 5.52. The number of nitrogens with two attached hydrogens (primary N) is 1. The minimum atomic E-state index is 0.226. The molecule has 0 radical (unpaired) electrons. The van der Waals surface area contributed by atoms with E-state index in [0.717, 1.165) is 5.02 Å². The summed E-state index contributed by atoms with van der Waals surface area (Å²) in [6.07, 6.45) is 0. The standard InChI is InChI=1S/C17H23ClN2S/c1-11-8-16(13(3)21-11)17(10-19)20(4)12(2)14-6-5-7-15(18)9-14/h5-9,12,17H,10,19H2,1-4H3. The van der Waals surface area contributed by atoms with Gasteiger partial charge in [0.2, 0.25) is 0 Å². The second kappa shape index (κ2) is 6.93. The molecule has 1 heterocycles. The third kappa shape index (κ3) is 3.67. The summed E-state index contributed by atoms with van der Waals surface area (Å²) in [6.45, 7) is 7.13. The van der Waals surface area contributed by atoms with Gasteiger partial charge in [0.05, 0.1) is 0 Å². The Kier molecular flexibility index (Phi) is 5.44. The summed E-state index contributed by atoms with van der Waals surface area (Å²) >= 11 is 7.95. The van der Waals surface area contributed by atoms with E-state index >= 15 is 0 Å². The molecule has 0 saturated carbocycles. The van der Waals surface area contributed by atoms with E-state index in [1.165, 1.54) is 20.9 Å². The Morgan fingerprint density at radius 1 is 1.29 bits per heavy atom. The molecule has 2 nitrogen and oxygen atoms in total. The van der Waals surface area contributed by atoms with Crippen LogP contribution in [0.25, 0.3) is 0 Å². The highest BCUT2D eigenvalue weighted by molar-refractivity contribution is 7.12. The van der Waals surface area contributed by atoms with E-state index in [0.29, 0.717) is 6.54 Å². The van der Waals surface area contributed by atoms with Crippen LogP contribution in [0.1, 0.15) is 39.9 Å². The number of rotatable bonds is 5. The first-order valence-corrected chi connectivity index (χ1v) is 8.38. The minimum absolute atomic E-state index is 0.226. The Morgan fingerprint density at radius 3 is 2.52 bits per heavy atom. The summed E-state index contributed by atoms with van der Waals surface area (Å²) in [6, 6.07) is 10.8. The van der Waals surface area contributed by atoms with Crippen molar-refractivity contribution in [3.63, 3.8) is 0 Å². The summed E-state index contributed by atoms with van der Waals surface area (Å²) in [5, 5.41) is 0.777. The van der Waals surface area contributed by atoms with Crippen molar-refractivity contribution < 1.29 is 0 Å². The van der Waals surface area contributed by atoms with Crippen molar-refractivity contribution >= 4 is 22.9 Å². The maximum absolute atomic E-state index is 6.11. The van der Waals surface area contributed by atoms with Gasteiger partial charge in [-0.1, -0.05) is 23.7 Å². The molecule has 2 aromatic rings. The molecule has 0 aliphatic rings. The van der Waals surface area contributed by atoms with Gasteiger partial charge < -0.3 is 5.73 Å². The monoisotopic (exact) mass is 322 g/mol. The van der Waals surface area contributed by atoms with Crippen LogP contribution in [0, 0.1) is 13.8 Å². The number of nitrogens with zero attached hydrogens (tertiary/aromatic N) is 1. The van der Waals surface area contributed by atoms with Crippen LogP contribution in [0.15, 0.2) is 30.3 Å². The van der Waals surface area contributed by atoms with Crippen LogP contribution < -0.4 is 5.73 Å². The number of likely N-dealkylation sites (N-methyl/N-ethyl adjacent to an activating group) is 1. The first-order valence-electron chi connectivity index (χ1n) is 7.18. The molecule has 2 rings (SSSR count). The van der Waals surface area contributed by atoms with Crippen molar-refractivity contribution in [2.45, 2.75) is 32.9 Å². The molecule has 0 saturated heterocycles. The number of hydrogen-bond acceptors (Lipinski definition) is 3. The Bertz CT molecular complexity index is 609. The van der Waals surface area contributed by atoms with Gasteiger partial charge in [0.1, 0.15) is 0 Å². The fourth-order valence-corrected chi connectivity index (χ4v) is 3.95. The van der Waals surface area contributed by atoms with Crippen molar-refractivity contribution in [1.29, 1.82) is 0 Å².